The maximum atomic E-state index is 11.2. The molecule has 6 nitrogen and oxygen atoms in total. The number of carbonyl (C=O) groups is 2. The molecule has 0 aromatic rings. The molecular weight excluding hydrogens is 238 g/mol. The van der Waals surface area contributed by atoms with Gasteiger partial charge in [0.05, 0.1) is 14.2 Å². The number of esters is 2. The Morgan fingerprint density at radius 1 is 1.22 bits per heavy atom. The van der Waals surface area contributed by atoms with Gasteiger partial charge in [0.2, 0.25) is 0 Å². The molecule has 0 aliphatic rings. The van der Waals surface area contributed by atoms with Gasteiger partial charge in [0.1, 0.15) is 11.3 Å². The van der Waals surface area contributed by atoms with E-state index in [0.29, 0.717) is 25.8 Å². The van der Waals surface area contributed by atoms with E-state index in [1.807, 2.05) is 0 Å². The molecule has 0 heterocycles. The van der Waals surface area contributed by atoms with Crippen LogP contribution in [-0.4, -0.2) is 44.0 Å². The van der Waals surface area contributed by atoms with Crippen molar-refractivity contribution in [2.24, 2.45) is 4.99 Å². The molecule has 0 aliphatic carbocycles. The van der Waals surface area contributed by atoms with E-state index in [4.69, 9.17) is 0 Å². The Bertz CT molecular complexity index is 342. The molecule has 0 saturated carbocycles. The summed E-state index contributed by atoms with van der Waals surface area (Å²) in [5.41, 5.74) is 0.0328. The van der Waals surface area contributed by atoms with Crippen molar-refractivity contribution in [3.05, 3.63) is 11.3 Å². The van der Waals surface area contributed by atoms with Crippen molar-refractivity contribution >= 4 is 18.2 Å². The standard InChI is InChI=1S/C12H19NO5/c1-9(14)10(12(16)18-3)8-13-7-5-4-6-11(15)17-2/h8,14H,4-7H2,1-3H3/b10-9+,13-8?. The summed E-state index contributed by atoms with van der Waals surface area (Å²) < 4.78 is 8.98. The second kappa shape index (κ2) is 9.21. The van der Waals surface area contributed by atoms with Crippen molar-refractivity contribution in [1.29, 1.82) is 0 Å². The average Bonchev–Trinajstić information content (AvgIpc) is 2.36. The Balaban J connectivity index is 4.04. The maximum Gasteiger partial charge on any atom is 0.342 e. The van der Waals surface area contributed by atoms with E-state index < -0.39 is 5.97 Å². The lowest BCUT2D eigenvalue weighted by atomic mass is 10.2. The zero-order valence-electron chi connectivity index (χ0n) is 10.9. The molecule has 6 heteroatoms. The van der Waals surface area contributed by atoms with Gasteiger partial charge in [-0.15, -0.1) is 0 Å². The van der Waals surface area contributed by atoms with Gasteiger partial charge < -0.3 is 14.6 Å². The van der Waals surface area contributed by atoms with Crippen molar-refractivity contribution in [2.75, 3.05) is 20.8 Å². The highest BCUT2D eigenvalue weighted by atomic mass is 16.5. The van der Waals surface area contributed by atoms with Crippen LogP contribution in [0.1, 0.15) is 26.2 Å². The lowest BCUT2D eigenvalue weighted by Gasteiger charge is -2.01. The van der Waals surface area contributed by atoms with Gasteiger partial charge in [0, 0.05) is 19.2 Å². The fourth-order valence-corrected chi connectivity index (χ4v) is 1.13. The minimum absolute atomic E-state index is 0.0328. The highest BCUT2D eigenvalue weighted by molar-refractivity contribution is 6.09. The lowest BCUT2D eigenvalue weighted by Crippen LogP contribution is -2.08. The predicted octanol–water partition coefficient (Wildman–Crippen LogP) is 1.41. The van der Waals surface area contributed by atoms with Crippen molar-refractivity contribution in [3.8, 4) is 0 Å². The van der Waals surface area contributed by atoms with Crippen LogP contribution >= 0.6 is 0 Å². The summed E-state index contributed by atoms with van der Waals surface area (Å²) in [7, 11) is 2.58. The third kappa shape index (κ3) is 6.67. The van der Waals surface area contributed by atoms with Crippen LogP contribution < -0.4 is 0 Å². The first kappa shape index (κ1) is 16.1. The Hall–Kier alpha value is -1.85. The number of hydrogen-bond acceptors (Lipinski definition) is 6. The second-order valence-corrected chi connectivity index (χ2v) is 3.56. The number of methoxy groups -OCH3 is 2. The van der Waals surface area contributed by atoms with E-state index in [-0.39, 0.29) is 17.3 Å². The van der Waals surface area contributed by atoms with E-state index in [0.717, 1.165) is 0 Å². The summed E-state index contributed by atoms with van der Waals surface area (Å²) in [5.74, 6) is -1.02. The monoisotopic (exact) mass is 257 g/mol. The molecule has 0 atom stereocenters. The molecule has 18 heavy (non-hydrogen) atoms. The summed E-state index contributed by atoms with van der Waals surface area (Å²) >= 11 is 0. The number of unbranched alkanes of at least 4 members (excludes halogenated alkanes) is 1. The molecule has 0 spiro atoms. The number of aliphatic hydroxyl groups is 1. The van der Waals surface area contributed by atoms with Crippen molar-refractivity contribution < 1.29 is 24.2 Å². The molecular formula is C12H19NO5. The molecule has 1 N–H and O–H groups in total. The number of ether oxygens (including phenoxy) is 2. The van der Waals surface area contributed by atoms with Gasteiger partial charge in [-0.2, -0.15) is 0 Å². The molecule has 0 bridgehead atoms. The Labute approximate surface area is 106 Å². The molecule has 0 unspecified atom stereocenters. The van der Waals surface area contributed by atoms with E-state index in [9.17, 15) is 14.7 Å². The van der Waals surface area contributed by atoms with Gasteiger partial charge in [0.25, 0.3) is 0 Å². The molecule has 0 saturated heterocycles. The highest BCUT2D eigenvalue weighted by Crippen LogP contribution is 2.02. The third-order valence-electron chi connectivity index (χ3n) is 2.16. The van der Waals surface area contributed by atoms with Crippen LogP contribution in [0.3, 0.4) is 0 Å². The van der Waals surface area contributed by atoms with Crippen molar-refractivity contribution in [3.63, 3.8) is 0 Å². The summed E-state index contributed by atoms with van der Waals surface area (Å²) in [5, 5.41) is 9.25. The van der Waals surface area contributed by atoms with E-state index in [2.05, 4.69) is 14.5 Å². The quantitative estimate of drug-likeness (QED) is 0.245. The summed E-state index contributed by atoms with van der Waals surface area (Å²) in [4.78, 5) is 26.0. The summed E-state index contributed by atoms with van der Waals surface area (Å²) in [6.07, 6.45) is 2.99. The first-order valence-corrected chi connectivity index (χ1v) is 5.57. The zero-order chi connectivity index (χ0) is 14.0. The number of allylic oxidation sites excluding steroid dienone is 1. The molecule has 0 rings (SSSR count). The normalized spacial score (nSPS) is 12.2. The van der Waals surface area contributed by atoms with Crippen LogP contribution in [0.5, 0.6) is 0 Å². The van der Waals surface area contributed by atoms with Gasteiger partial charge in [0.15, 0.2) is 0 Å². The third-order valence-corrected chi connectivity index (χ3v) is 2.16. The zero-order valence-corrected chi connectivity index (χ0v) is 10.9. The van der Waals surface area contributed by atoms with Gasteiger partial charge in [-0.3, -0.25) is 9.79 Å². The number of rotatable bonds is 7. The topological polar surface area (TPSA) is 85.2 Å². The second-order valence-electron chi connectivity index (χ2n) is 3.56. The van der Waals surface area contributed by atoms with E-state index in [1.54, 1.807) is 0 Å². The average molecular weight is 257 g/mol. The largest absolute Gasteiger partial charge is 0.512 e. The van der Waals surface area contributed by atoms with Crippen molar-refractivity contribution in [2.45, 2.75) is 26.2 Å². The molecule has 0 aromatic heterocycles. The lowest BCUT2D eigenvalue weighted by molar-refractivity contribution is -0.140. The summed E-state index contributed by atoms with van der Waals surface area (Å²) in [6.45, 7) is 1.85. The number of aliphatic hydroxyl groups excluding tert-OH is 1. The first-order chi connectivity index (χ1) is 8.52. The van der Waals surface area contributed by atoms with Crippen LogP contribution in [0.2, 0.25) is 0 Å². The molecule has 0 amide bonds. The number of nitrogens with zero attached hydrogens (tertiary/aromatic N) is 1. The number of carbonyl (C=O) groups excluding carboxylic acids is 2. The summed E-state index contributed by atoms with van der Waals surface area (Å²) in [6, 6.07) is 0. The van der Waals surface area contributed by atoms with E-state index >= 15 is 0 Å². The molecule has 102 valence electrons. The Morgan fingerprint density at radius 3 is 2.39 bits per heavy atom. The number of aliphatic imine (C=N–C) groups is 1. The fourth-order valence-electron chi connectivity index (χ4n) is 1.13. The highest BCUT2D eigenvalue weighted by Gasteiger charge is 2.10. The molecule has 0 aromatic carbocycles. The smallest absolute Gasteiger partial charge is 0.342 e. The molecule has 0 radical (unpaired) electrons. The maximum absolute atomic E-state index is 11.2. The van der Waals surface area contributed by atoms with Gasteiger partial charge >= 0.3 is 11.9 Å². The Morgan fingerprint density at radius 2 is 1.89 bits per heavy atom. The van der Waals surface area contributed by atoms with Gasteiger partial charge in [-0.25, -0.2) is 4.79 Å². The van der Waals surface area contributed by atoms with E-state index in [1.165, 1.54) is 27.4 Å². The van der Waals surface area contributed by atoms with Crippen LogP contribution in [0.25, 0.3) is 0 Å². The van der Waals surface area contributed by atoms with Crippen molar-refractivity contribution in [1.82, 2.24) is 0 Å². The molecule has 0 aliphatic heterocycles. The predicted molar refractivity (Wildman–Crippen MR) is 66.6 cm³/mol. The minimum Gasteiger partial charge on any atom is -0.512 e. The van der Waals surface area contributed by atoms with Crippen LogP contribution in [0, 0.1) is 0 Å². The van der Waals surface area contributed by atoms with Crippen LogP contribution in [0.4, 0.5) is 0 Å². The number of hydrogen-bond donors (Lipinski definition) is 1. The van der Waals surface area contributed by atoms with Crippen LogP contribution in [-0.2, 0) is 19.1 Å². The fraction of sp³-hybridized carbons (Fsp3) is 0.583. The Kier molecular flexibility index (Phi) is 8.26. The molecule has 0 fully saturated rings. The minimum atomic E-state index is -0.631. The first-order valence-electron chi connectivity index (χ1n) is 5.57. The van der Waals surface area contributed by atoms with Gasteiger partial charge in [-0.05, 0) is 19.8 Å². The van der Waals surface area contributed by atoms with Gasteiger partial charge in [-0.1, -0.05) is 0 Å². The SMILES string of the molecule is COC(=O)CCCCN=C/C(C(=O)OC)=C(/C)O. The van der Waals surface area contributed by atoms with Crippen LogP contribution in [0.15, 0.2) is 16.3 Å².